The summed E-state index contributed by atoms with van der Waals surface area (Å²) in [5.41, 5.74) is 0.498. The SMILES string of the molecule is COC(=O)C(NC(=O)[C@@H](NC(=O)c1nccn1Cc1ccccc1)C1CCCCC1)C(C)(C)C. The molecule has 8 heteroatoms. The summed E-state index contributed by atoms with van der Waals surface area (Å²) in [5.74, 6) is -1.04. The Labute approximate surface area is 201 Å². The minimum absolute atomic E-state index is 0.00602. The third-order valence-corrected chi connectivity index (χ3v) is 6.39. The van der Waals surface area contributed by atoms with Gasteiger partial charge in [0.1, 0.15) is 12.1 Å². The van der Waals surface area contributed by atoms with E-state index in [2.05, 4.69) is 15.6 Å². The van der Waals surface area contributed by atoms with E-state index >= 15 is 0 Å². The molecular formula is C26H36N4O4. The van der Waals surface area contributed by atoms with E-state index in [4.69, 9.17) is 4.74 Å². The van der Waals surface area contributed by atoms with Gasteiger partial charge in [0.15, 0.2) is 5.82 Å². The van der Waals surface area contributed by atoms with Gasteiger partial charge in [0.25, 0.3) is 5.91 Å². The van der Waals surface area contributed by atoms with Crippen LogP contribution in [0.5, 0.6) is 0 Å². The second kappa shape index (κ2) is 11.3. The van der Waals surface area contributed by atoms with Crippen molar-refractivity contribution in [2.45, 2.75) is 71.5 Å². The van der Waals surface area contributed by atoms with Gasteiger partial charge in [-0.2, -0.15) is 0 Å². The number of rotatable bonds is 8. The van der Waals surface area contributed by atoms with Crippen molar-refractivity contribution in [3.8, 4) is 0 Å². The molecule has 0 radical (unpaired) electrons. The van der Waals surface area contributed by atoms with Gasteiger partial charge in [-0.25, -0.2) is 9.78 Å². The maximum absolute atomic E-state index is 13.4. The zero-order valence-corrected chi connectivity index (χ0v) is 20.5. The summed E-state index contributed by atoms with van der Waals surface area (Å²) in [6.45, 7) is 6.09. The van der Waals surface area contributed by atoms with E-state index < -0.39 is 29.4 Å². The monoisotopic (exact) mass is 468 g/mol. The average molecular weight is 469 g/mol. The quantitative estimate of drug-likeness (QED) is 0.579. The molecule has 34 heavy (non-hydrogen) atoms. The normalized spacial score (nSPS) is 16.4. The smallest absolute Gasteiger partial charge is 0.328 e. The molecule has 8 nitrogen and oxygen atoms in total. The summed E-state index contributed by atoms with van der Waals surface area (Å²) < 4.78 is 6.69. The van der Waals surface area contributed by atoms with Gasteiger partial charge in [0.05, 0.1) is 7.11 Å². The summed E-state index contributed by atoms with van der Waals surface area (Å²) in [6.07, 6.45) is 8.15. The molecule has 2 amide bonds. The van der Waals surface area contributed by atoms with Crippen molar-refractivity contribution >= 4 is 17.8 Å². The number of amides is 2. The molecule has 2 atom stereocenters. The van der Waals surface area contributed by atoms with Crippen molar-refractivity contribution < 1.29 is 19.1 Å². The van der Waals surface area contributed by atoms with Crippen molar-refractivity contribution in [3.05, 3.63) is 54.1 Å². The van der Waals surface area contributed by atoms with Crippen molar-refractivity contribution in [2.75, 3.05) is 7.11 Å². The number of nitrogens with one attached hydrogen (secondary N) is 2. The molecule has 1 fully saturated rings. The first kappa shape index (κ1) is 25.5. The first-order valence-electron chi connectivity index (χ1n) is 11.9. The fourth-order valence-electron chi connectivity index (χ4n) is 4.48. The molecule has 2 aromatic rings. The van der Waals surface area contributed by atoms with Gasteiger partial charge in [-0.05, 0) is 29.7 Å². The lowest BCUT2D eigenvalue weighted by Crippen LogP contribution is -2.58. The van der Waals surface area contributed by atoms with Crippen LogP contribution in [0.3, 0.4) is 0 Å². The van der Waals surface area contributed by atoms with E-state index in [0.717, 1.165) is 37.7 Å². The molecule has 1 aromatic heterocycles. The summed E-state index contributed by atoms with van der Waals surface area (Å²) in [7, 11) is 1.31. The third-order valence-electron chi connectivity index (χ3n) is 6.39. The molecule has 1 aliphatic carbocycles. The first-order valence-corrected chi connectivity index (χ1v) is 11.9. The predicted octanol–water partition coefficient (Wildman–Crippen LogP) is 3.31. The molecule has 1 aromatic carbocycles. The molecule has 0 bridgehead atoms. The molecule has 0 aliphatic heterocycles. The molecule has 1 heterocycles. The Hall–Kier alpha value is -3.16. The Morgan fingerprint density at radius 1 is 1.09 bits per heavy atom. The fourth-order valence-corrected chi connectivity index (χ4v) is 4.48. The Bertz CT molecular complexity index is 974. The lowest BCUT2D eigenvalue weighted by molar-refractivity contribution is -0.148. The third kappa shape index (κ3) is 6.46. The highest BCUT2D eigenvalue weighted by atomic mass is 16.5. The number of ether oxygens (including phenoxy) is 1. The molecular weight excluding hydrogens is 432 g/mol. The number of carbonyl (C=O) groups excluding carboxylic acids is 3. The largest absolute Gasteiger partial charge is 0.467 e. The van der Waals surface area contributed by atoms with Crippen LogP contribution in [0.2, 0.25) is 0 Å². The van der Waals surface area contributed by atoms with Crippen molar-refractivity contribution in [1.29, 1.82) is 0 Å². The second-order valence-corrected chi connectivity index (χ2v) is 10.0. The highest BCUT2D eigenvalue weighted by molar-refractivity contribution is 5.96. The van der Waals surface area contributed by atoms with Gasteiger partial charge in [0, 0.05) is 18.9 Å². The van der Waals surface area contributed by atoms with Crippen LogP contribution >= 0.6 is 0 Å². The van der Waals surface area contributed by atoms with Crippen LogP contribution < -0.4 is 10.6 Å². The second-order valence-electron chi connectivity index (χ2n) is 10.0. The standard InChI is InChI=1S/C26H36N4O4/c1-26(2,3)21(25(33)34-4)29-23(31)20(19-13-9-6-10-14-19)28-24(32)22-27-15-16-30(22)17-18-11-7-5-8-12-18/h5,7-8,11-12,15-16,19-21H,6,9-10,13-14,17H2,1-4H3,(H,28,32)(H,29,31)/t20-,21?/m0/s1. The van der Waals surface area contributed by atoms with Gasteiger partial charge in [-0.1, -0.05) is 70.4 Å². The number of carbonyl (C=O) groups is 3. The molecule has 1 saturated carbocycles. The highest BCUT2D eigenvalue weighted by Gasteiger charge is 2.38. The maximum Gasteiger partial charge on any atom is 0.328 e. The highest BCUT2D eigenvalue weighted by Crippen LogP contribution is 2.28. The van der Waals surface area contributed by atoms with Crippen molar-refractivity contribution in [3.63, 3.8) is 0 Å². The number of aromatic nitrogens is 2. The van der Waals surface area contributed by atoms with Crippen LogP contribution in [-0.2, 0) is 20.9 Å². The Morgan fingerprint density at radius 2 is 1.76 bits per heavy atom. The van der Waals surface area contributed by atoms with Gasteiger partial charge >= 0.3 is 5.97 Å². The summed E-state index contributed by atoms with van der Waals surface area (Å²) in [4.78, 5) is 43.4. The van der Waals surface area contributed by atoms with E-state index in [1.807, 2.05) is 51.1 Å². The molecule has 3 rings (SSSR count). The Kier molecular flexibility index (Phi) is 8.47. The van der Waals surface area contributed by atoms with E-state index in [0.29, 0.717) is 6.54 Å². The van der Waals surface area contributed by atoms with Crippen LogP contribution in [-0.4, -0.2) is 46.5 Å². The fraction of sp³-hybridized carbons (Fsp3) is 0.538. The van der Waals surface area contributed by atoms with Crippen molar-refractivity contribution in [2.24, 2.45) is 11.3 Å². The van der Waals surface area contributed by atoms with E-state index in [1.165, 1.54) is 7.11 Å². The lowest BCUT2D eigenvalue weighted by atomic mass is 9.82. The number of imidazole rings is 1. The molecule has 1 unspecified atom stereocenters. The number of methoxy groups -OCH3 is 1. The Balaban J connectivity index is 1.80. The number of nitrogens with zero attached hydrogens (tertiary/aromatic N) is 2. The summed E-state index contributed by atoms with van der Waals surface area (Å²) in [6, 6.07) is 8.22. The van der Waals surface area contributed by atoms with Crippen LogP contribution in [0.15, 0.2) is 42.7 Å². The van der Waals surface area contributed by atoms with E-state index in [9.17, 15) is 14.4 Å². The molecule has 0 saturated heterocycles. The predicted molar refractivity (Wildman–Crippen MR) is 129 cm³/mol. The minimum atomic E-state index is -0.826. The molecule has 184 valence electrons. The van der Waals surface area contributed by atoms with Crippen LogP contribution in [0.4, 0.5) is 0 Å². The van der Waals surface area contributed by atoms with E-state index in [1.54, 1.807) is 17.0 Å². The Morgan fingerprint density at radius 3 is 2.38 bits per heavy atom. The number of benzene rings is 1. The van der Waals surface area contributed by atoms with Gasteiger partial charge in [-0.15, -0.1) is 0 Å². The van der Waals surface area contributed by atoms with Crippen LogP contribution in [0.1, 0.15) is 69.1 Å². The van der Waals surface area contributed by atoms with Crippen LogP contribution in [0, 0.1) is 11.3 Å². The zero-order valence-electron chi connectivity index (χ0n) is 20.5. The average Bonchev–Trinajstić information content (AvgIpc) is 3.29. The summed E-state index contributed by atoms with van der Waals surface area (Å²) in [5, 5.41) is 5.80. The molecule has 0 spiro atoms. The maximum atomic E-state index is 13.4. The summed E-state index contributed by atoms with van der Waals surface area (Å²) >= 11 is 0. The van der Waals surface area contributed by atoms with E-state index in [-0.39, 0.29) is 17.6 Å². The van der Waals surface area contributed by atoms with Gasteiger partial charge in [-0.3, -0.25) is 9.59 Å². The van der Waals surface area contributed by atoms with Gasteiger partial charge in [0.2, 0.25) is 5.91 Å². The zero-order chi connectivity index (χ0) is 24.7. The number of hydrogen-bond donors (Lipinski definition) is 2. The lowest BCUT2D eigenvalue weighted by Gasteiger charge is -2.34. The first-order chi connectivity index (χ1) is 16.2. The topological polar surface area (TPSA) is 102 Å². The van der Waals surface area contributed by atoms with Gasteiger partial charge < -0.3 is 19.9 Å². The molecule has 1 aliphatic rings. The van der Waals surface area contributed by atoms with Crippen LogP contribution in [0.25, 0.3) is 0 Å². The van der Waals surface area contributed by atoms with Crippen molar-refractivity contribution in [1.82, 2.24) is 20.2 Å². The number of hydrogen-bond acceptors (Lipinski definition) is 5. The number of esters is 1. The molecule has 2 N–H and O–H groups in total. The minimum Gasteiger partial charge on any atom is -0.467 e.